The van der Waals surface area contributed by atoms with Gasteiger partial charge >= 0.3 is 0 Å². The van der Waals surface area contributed by atoms with Crippen LogP contribution in [0.4, 0.5) is 0 Å². The predicted octanol–water partition coefficient (Wildman–Crippen LogP) is 3.28. The van der Waals surface area contributed by atoms with Crippen LogP contribution in [0, 0.1) is 6.92 Å². The first-order chi connectivity index (χ1) is 10.6. The van der Waals surface area contributed by atoms with Crippen LogP contribution in [0.15, 0.2) is 47.3 Å². The van der Waals surface area contributed by atoms with Crippen molar-refractivity contribution in [1.82, 2.24) is 9.55 Å². The van der Waals surface area contributed by atoms with Crippen LogP contribution >= 0.6 is 0 Å². The molecule has 1 N–H and O–H groups in total. The third-order valence-electron chi connectivity index (χ3n) is 4.11. The van der Waals surface area contributed by atoms with Gasteiger partial charge in [0.25, 0.3) is 5.56 Å². The fourth-order valence-electron chi connectivity index (χ4n) is 2.75. The lowest BCUT2D eigenvalue weighted by Gasteiger charge is -2.13. The van der Waals surface area contributed by atoms with E-state index in [0.29, 0.717) is 16.8 Å². The molecule has 0 bridgehead atoms. The van der Waals surface area contributed by atoms with Gasteiger partial charge in [-0.25, -0.2) is 4.98 Å². The molecule has 0 radical (unpaired) electrons. The highest BCUT2D eigenvalue weighted by Crippen LogP contribution is 2.39. The Balaban J connectivity index is 2.05. The van der Waals surface area contributed by atoms with Crippen LogP contribution in [-0.2, 0) is 0 Å². The highest BCUT2D eigenvalue weighted by atomic mass is 16.3. The minimum absolute atomic E-state index is 0.0734. The van der Waals surface area contributed by atoms with Gasteiger partial charge in [0.15, 0.2) is 0 Å². The lowest BCUT2D eigenvalue weighted by molar-refractivity contribution is 0.476. The second-order valence-corrected chi connectivity index (χ2v) is 5.92. The van der Waals surface area contributed by atoms with Crippen molar-refractivity contribution in [2.45, 2.75) is 25.7 Å². The van der Waals surface area contributed by atoms with E-state index in [1.165, 1.54) is 6.07 Å². The van der Waals surface area contributed by atoms with Crippen molar-refractivity contribution in [3.8, 4) is 11.4 Å². The number of nitrogens with zero attached hydrogens (tertiary/aromatic N) is 2. The monoisotopic (exact) mass is 292 g/mol. The number of hydrogen-bond donors (Lipinski definition) is 1. The zero-order chi connectivity index (χ0) is 15.3. The highest BCUT2D eigenvalue weighted by Gasteiger charge is 2.29. The highest BCUT2D eigenvalue weighted by molar-refractivity contribution is 5.79. The van der Waals surface area contributed by atoms with E-state index in [0.717, 1.165) is 29.9 Å². The van der Waals surface area contributed by atoms with Gasteiger partial charge in [0.05, 0.1) is 16.6 Å². The Labute approximate surface area is 127 Å². The summed E-state index contributed by atoms with van der Waals surface area (Å²) in [4.78, 5) is 17.6. The van der Waals surface area contributed by atoms with Crippen molar-refractivity contribution in [2.24, 2.45) is 0 Å². The molecule has 1 fully saturated rings. The number of benzene rings is 2. The quantitative estimate of drug-likeness (QED) is 0.788. The number of rotatable bonds is 2. The summed E-state index contributed by atoms with van der Waals surface area (Å²) in [5.41, 5.74) is 2.49. The minimum atomic E-state index is -0.0734. The molecule has 1 aliphatic carbocycles. The van der Waals surface area contributed by atoms with Gasteiger partial charge in [-0.15, -0.1) is 0 Å². The Hall–Kier alpha value is -2.62. The second-order valence-electron chi connectivity index (χ2n) is 5.92. The Kier molecular flexibility index (Phi) is 2.79. The summed E-state index contributed by atoms with van der Waals surface area (Å²) in [5, 5.41) is 10.2. The lowest BCUT2D eigenvalue weighted by Crippen LogP contribution is -2.23. The van der Waals surface area contributed by atoms with E-state index < -0.39 is 0 Å². The van der Waals surface area contributed by atoms with Crippen molar-refractivity contribution in [2.75, 3.05) is 0 Å². The maximum absolute atomic E-state index is 12.9. The predicted molar refractivity (Wildman–Crippen MR) is 85.7 cm³/mol. The molecule has 0 amide bonds. The number of phenols is 1. The first-order valence-electron chi connectivity index (χ1n) is 7.46. The van der Waals surface area contributed by atoms with Crippen molar-refractivity contribution >= 4 is 10.9 Å². The maximum atomic E-state index is 12.9. The average Bonchev–Trinajstić information content (AvgIpc) is 3.33. The number of aromatic nitrogens is 2. The van der Waals surface area contributed by atoms with E-state index in [1.807, 2.05) is 31.2 Å². The van der Waals surface area contributed by atoms with Crippen LogP contribution in [0.2, 0.25) is 0 Å². The standard InChI is InChI=1S/C18H16N2O2/c1-11-2-6-13(7-3-11)20-17(12-4-5-12)19-16-10-14(21)8-9-15(16)18(20)22/h2-3,6-10,12,21H,4-5H2,1H3. The summed E-state index contributed by atoms with van der Waals surface area (Å²) in [6.45, 7) is 2.02. The molecule has 0 aliphatic heterocycles. The number of aromatic hydroxyl groups is 1. The second kappa shape index (κ2) is 4.70. The van der Waals surface area contributed by atoms with E-state index in [-0.39, 0.29) is 11.3 Å². The van der Waals surface area contributed by atoms with Gasteiger partial charge in [-0.1, -0.05) is 17.7 Å². The van der Waals surface area contributed by atoms with E-state index in [2.05, 4.69) is 4.98 Å². The molecule has 1 saturated carbocycles. The lowest BCUT2D eigenvalue weighted by atomic mass is 10.2. The van der Waals surface area contributed by atoms with E-state index in [9.17, 15) is 9.90 Å². The molecule has 0 unspecified atom stereocenters. The molecule has 4 rings (SSSR count). The number of aryl methyl sites for hydroxylation is 1. The fraction of sp³-hybridized carbons (Fsp3) is 0.222. The van der Waals surface area contributed by atoms with Gasteiger partial charge in [-0.05, 0) is 44.0 Å². The number of hydrogen-bond acceptors (Lipinski definition) is 3. The molecule has 1 aliphatic rings. The summed E-state index contributed by atoms with van der Waals surface area (Å²) < 4.78 is 1.72. The van der Waals surface area contributed by atoms with Gasteiger partial charge in [0.1, 0.15) is 11.6 Å². The van der Waals surface area contributed by atoms with Crippen molar-refractivity contribution in [3.05, 3.63) is 64.2 Å². The third-order valence-corrected chi connectivity index (χ3v) is 4.11. The molecule has 110 valence electrons. The van der Waals surface area contributed by atoms with Gasteiger partial charge in [0.2, 0.25) is 0 Å². The Morgan fingerprint density at radius 3 is 2.55 bits per heavy atom. The van der Waals surface area contributed by atoms with E-state index >= 15 is 0 Å². The molecule has 1 aromatic heterocycles. The van der Waals surface area contributed by atoms with E-state index in [1.54, 1.807) is 16.7 Å². The first kappa shape index (κ1) is 13.1. The minimum Gasteiger partial charge on any atom is -0.508 e. The zero-order valence-corrected chi connectivity index (χ0v) is 12.3. The summed E-state index contributed by atoms with van der Waals surface area (Å²) >= 11 is 0. The summed E-state index contributed by atoms with van der Waals surface area (Å²) in [5.74, 6) is 1.27. The Bertz CT molecular complexity index is 922. The summed E-state index contributed by atoms with van der Waals surface area (Å²) in [6.07, 6.45) is 2.12. The molecule has 3 aromatic rings. The largest absolute Gasteiger partial charge is 0.508 e. The number of phenolic OH excluding ortho intramolecular Hbond substituents is 1. The number of fused-ring (bicyclic) bond motifs is 1. The summed E-state index contributed by atoms with van der Waals surface area (Å²) in [7, 11) is 0. The molecule has 0 spiro atoms. The molecule has 22 heavy (non-hydrogen) atoms. The molecule has 4 nitrogen and oxygen atoms in total. The zero-order valence-electron chi connectivity index (χ0n) is 12.3. The third kappa shape index (κ3) is 2.08. The molecule has 0 saturated heterocycles. The SMILES string of the molecule is Cc1ccc(-n2c(C3CC3)nc3cc(O)ccc3c2=O)cc1. The van der Waals surface area contributed by atoms with Crippen LogP contribution in [0.1, 0.15) is 30.1 Å². The van der Waals surface area contributed by atoms with Crippen molar-refractivity contribution in [1.29, 1.82) is 0 Å². The van der Waals surface area contributed by atoms with Gasteiger partial charge in [0, 0.05) is 12.0 Å². The molecular formula is C18H16N2O2. The van der Waals surface area contributed by atoms with Gasteiger partial charge < -0.3 is 5.11 Å². The van der Waals surface area contributed by atoms with Crippen LogP contribution in [0.5, 0.6) is 5.75 Å². The Morgan fingerprint density at radius 1 is 1.14 bits per heavy atom. The molecule has 2 aromatic carbocycles. The maximum Gasteiger partial charge on any atom is 0.265 e. The first-order valence-corrected chi connectivity index (χ1v) is 7.46. The molecule has 4 heteroatoms. The topological polar surface area (TPSA) is 55.1 Å². The van der Waals surface area contributed by atoms with Crippen LogP contribution in [-0.4, -0.2) is 14.7 Å². The molecular weight excluding hydrogens is 276 g/mol. The van der Waals surface area contributed by atoms with Crippen molar-refractivity contribution < 1.29 is 5.11 Å². The normalized spacial score (nSPS) is 14.4. The van der Waals surface area contributed by atoms with Crippen LogP contribution in [0.25, 0.3) is 16.6 Å². The van der Waals surface area contributed by atoms with Crippen LogP contribution < -0.4 is 5.56 Å². The Morgan fingerprint density at radius 2 is 1.86 bits per heavy atom. The molecule has 1 heterocycles. The van der Waals surface area contributed by atoms with E-state index in [4.69, 9.17) is 0 Å². The van der Waals surface area contributed by atoms with Gasteiger partial charge in [-0.3, -0.25) is 9.36 Å². The smallest absolute Gasteiger partial charge is 0.265 e. The average molecular weight is 292 g/mol. The molecule has 0 atom stereocenters. The van der Waals surface area contributed by atoms with Gasteiger partial charge in [-0.2, -0.15) is 0 Å². The van der Waals surface area contributed by atoms with Crippen LogP contribution in [0.3, 0.4) is 0 Å². The van der Waals surface area contributed by atoms with Crippen molar-refractivity contribution in [3.63, 3.8) is 0 Å². The summed E-state index contributed by atoms with van der Waals surface area (Å²) in [6, 6.07) is 12.6. The fourth-order valence-corrected chi connectivity index (χ4v) is 2.75.